The molecule has 2 aromatic carbocycles. The van der Waals surface area contributed by atoms with Crippen LogP contribution >= 0.6 is 11.6 Å². The van der Waals surface area contributed by atoms with E-state index in [1.807, 2.05) is 30.3 Å². The van der Waals surface area contributed by atoms with Gasteiger partial charge in [-0.05, 0) is 48.9 Å². The van der Waals surface area contributed by atoms with Crippen LogP contribution in [0.1, 0.15) is 17.0 Å². The summed E-state index contributed by atoms with van der Waals surface area (Å²) >= 11 is 6.10. The second-order valence-corrected chi connectivity index (χ2v) is 5.31. The van der Waals surface area contributed by atoms with Crippen molar-refractivity contribution in [2.75, 3.05) is 20.8 Å². The monoisotopic (exact) mass is 305 g/mol. The van der Waals surface area contributed by atoms with Crippen LogP contribution in [-0.4, -0.2) is 20.8 Å². The minimum atomic E-state index is 0.159. The lowest BCUT2D eigenvalue weighted by atomic mass is 9.91. The van der Waals surface area contributed by atoms with E-state index in [4.69, 9.17) is 26.8 Å². The minimum Gasteiger partial charge on any atom is -0.497 e. The summed E-state index contributed by atoms with van der Waals surface area (Å²) in [6.45, 7) is 0.530. The van der Waals surface area contributed by atoms with E-state index in [2.05, 4.69) is 12.1 Å². The van der Waals surface area contributed by atoms with Gasteiger partial charge < -0.3 is 15.2 Å². The van der Waals surface area contributed by atoms with Gasteiger partial charge in [-0.3, -0.25) is 0 Å². The molecule has 2 N–H and O–H groups in total. The summed E-state index contributed by atoms with van der Waals surface area (Å²) in [5.41, 5.74) is 8.21. The first-order valence-corrected chi connectivity index (χ1v) is 7.22. The Hall–Kier alpha value is -1.71. The maximum atomic E-state index is 6.10. The Kier molecular flexibility index (Phi) is 5.48. The zero-order valence-corrected chi connectivity index (χ0v) is 13.1. The van der Waals surface area contributed by atoms with E-state index in [0.717, 1.165) is 23.5 Å². The molecule has 0 aliphatic rings. The summed E-state index contributed by atoms with van der Waals surface area (Å²) in [4.78, 5) is 0. The van der Waals surface area contributed by atoms with Crippen LogP contribution in [0.25, 0.3) is 0 Å². The van der Waals surface area contributed by atoms with Crippen molar-refractivity contribution in [1.29, 1.82) is 0 Å². The highest BCUT2D eigenvalue weighted by molar-refractivity contribution is 6.30. The molecule has 112 valence electrons. The smallest absolute Gasteiger partial charge is 0.122 e. The Morgan fingerprint density at radius 2 is 1.76 bits per heavy atom. The van der Waals surface area contributed by atoms with Crippen molar-refractivity contribution in [3.63, 3.8) is 0 Å². The molecule has 2 aromatic rings. The Balaban J connectivity index is 2.24. The molecule has 1 atom stereocenters. The van der Waals surface area contributed by atoms with E-state index in [-0.39, 0.29) is 5.92 Å². The molecule has 2 rings (SSSR count). The molecule has 21 heavy (non-hydrogen) atoms. The van der Waals surface area contributed by atoms with Crippen molar-refractivity contribution in [2.45, 2.75) is 12.3 Å². The number of hydrogen-bond acceptors (Lipinski definition) is 3. The molecular formula is C17H20ClNO2. The summed E-state index contributed by atoms with van der Waals surface area (Å²) in [6, 6.07) is 13.7. The van der Waals surface area contributed by atoms with Crippen molar-refractivity contribution in [1.82, 2.24) is 0 Å². The molecule has 0 saturated heterocycles. The van der Waals surface area contributed by atoms with Crippen LogP contribution in [0.5, 0.6) is 11.5 Å². The lowest BCUT2D eigenvalue weighted by Crippen LogP contribution is -2.16. The summed E-state index contributed by atoms with van der Waals surface area (Å²) < 4.78 is 10.6. The predicted molar refractivity (Wildman–Crippen MR) is 86.5 cm³/mol. The lowest BCUT2D eigenvalue weighted by Gasteiger charge is -2.19. The quantitative estimate of drug-likeness (QED) is 0.886. The zero-order valence-electron chi connectivity index (χ0n) is 12.3. The van der Waals surface area contributed by atoms with E-state index in [1.165, 1.54) is 5.56 Å². The molecule has 0 saturated carbocycles. The summed E-state index contributed by atoms with van der Waals surface area (Å²) in [6.07, 6.45) is 0.831. The molecule has 0 radical (unpaired) electrons. The summed E-state index contributed by atoms with van der Waals surface area (Å²) in [5.74, 6) is 1.83. The standard InChI is InChI=1S/C17H20ClNO2/c1-20-15-6-3-12(4-7-15)9-13(11-19)16-10-14(18)5-8-17(16)21-2/h3-8,10,13H,9,11,19H2,1-2H3. The molecule has 1 unspecified atom stereocenters. The second kappa shape index (κ2) is 7.34. The first kappa shape index (κ1) is 15.7. The highest BCUT2D eigenvalue weighted by atomic mass is 35.5. The fourth-order valence-electron chi connectivity index (χ4n) is 2.39. The van der Waals surface area contributed by atoms with E-state index >= 15 is 0 Å². The Morgan fingerprint density at radius 1 is 1.05 bits per heavy atom. The van der Waals surface area contributed by atoms with Gasteiger partial charge in [0, 0.05) is 16.5 Å². The zero-order chi connectivity index (χ0) is 15.2. The van der Waals surface area contributed by atoms with Crippen LogP contribution in [0.2, 0.25) is 5.02 Å². The first-order valence-electron chi connectivity index (χ1n) is 6.84. The number of halogens is 1. The Bertz CT molecular complexity index is 584. The highest BCUT2D eigenvalue weighted by Crippen LogP contribution is 2.31. The molecule has 3 nitrogen and oxygen atoms in total. The number of nitrogens with two attached hydrogens (primary N) is 1. The minimum absolute atomic E-state index is 0.159. The van der Waals surface area contributed by atoms with E-state index in [1.54, 1.807) is 14.2 Å². The third-order valence-corrected chi connectivity index (χ3v) is 3.79. The van der Waals surface area contributed by atoms with Crippen molar-refractivity contribution in [3.8, 4) is 11.5 Å². The maximum Gasteiger partial charge on any atom is 0.122 e. The van der Waals surface area contributed by atoms with Crippen molar-refractivity contribution in [2.24, 2.45) is 5.73 Å². The van der Waals surface area contributed by atoms with Gasteiger partial charge in [0.25, 0.3) is 0 Å². The Morgan fingerprint density at radius 3 is 2.33 bits per heavy atom. The molecule has 0 spiro atoms. The number of benzene rings is 2. The van der Waals surface area contributed by atoms with Crippen LogP contribution in [-0.2, 0) is 6.42 Å². The molecule has 4 heteroatoms. The fourth-order valence-corrected chi connectivity index (χ4v) is 2.57. The average Bonchev–Trinajstić information content (AvgIpc) is 2.53. The molecule has 0 bridgehead atoms. The second-order valence-electron chi connectivity index (χ2n) is 4.87. The van der Waals surface area contributed by atoms with Crippen LogP contribution in [0.3, 0.4) is 0 Å². The first-order chi connectivity index (χ1) is 10.2. The van der Waals surface area contributed by atoms with Gasteiger partial charge in [-0.1, -0.05) is 23.7 Å². The number of rotatable bonds is 6. The fraction of sp³-hybridized carbons (Fsp3) is 0.294. The Labute approximate surface area is 130 Å². The molecular weight excluding hydrogens is 286 g/mol. The third-order valence-electron chi connectivity index (χ3n) is 3.56. The van der Waals surface area contributed by atoms with E-state index in [0.29, 0.717) is 11.6 Å². The molecule has 0 aromatic heterocycles. The van der Waals surface area contributed by atoms with E-state index < -0.39 is 0 Å². The topological polar surface area (TPSA) is 44.5 Å². The van der Waals surface area contributed by atoms with E-state index in [9.17, 15) is 0 Å². The maximum absolute atomic E-state index is 6.10. The van der Waals surface area contributed by atoms with Gasteiger partial charge in [0.2, 0.25) is 0 Å². The molecule has 0 fully saturated rings. The summed E-state index contributed by atoms with van der Waals surface area (Å²) in [5, 5.41) is 0.694. The average molecular weight is 306 g/mol. The van der Waals surface area contributed by atoms with Crippen LogP contribution in [0.4, 0.5) is 0 Å². The van der Waals surface area contributed by atoms with Gasteiger partial charge in [-0.25, -0.2) is 0 Å². The highest BCUT2D eigenvalue weighted by Gasteiger charge is 2.16. The third kappa shape index (κ3) is 3.90. The number of methoxy groups -OCH3 is 2. The van der Waals surface area contributed by atoms with Gasteiger partial charge in [0.05, 0.1) is 14.2 Å². The van der Waals surface area contributed by atoms with Crippen LogP contribution in [0.15, 0.2) is 42.5 Å². The predicted octanol–water partition coefficient (Wildman–Crippen LogP) is 3.64. The largest absolute Gasteiger partial charge is 0.497 e. The van der Waals surface area contributed by atoms with Crippen LogP contribution in [0, 0.1) is 0 Å². The molecule has 0 amide bonds. The van der Waals surface area contributed by atoms with Crippen molar-refractivity contribution < 1.29 is 9.47 Å². The SMILES string of the molecule is COc1ccc(CC(CN)c2cc(Cl)ccc2OC)cc1. The van der Waals surface area contributed by atoms with Gasteiger partial charge in [0.15, 0.2) is 0 Å². The van der Waals surface area contributed by atoms with Crippen molar-refractivity contribution >= 4 is 11.6 Å². The van der Waals surface area contributed by atoms with Gasteiger partial charge in [0.1, 0.15) is 11.5 Å². The van der Waals surface area contributed by atoms with Crippen LogP contribution < -0.4 is 15.2 Å². The normalized spacial score (nSPS) is 12.0. The molecule has 0 aliphatic heterocycles. The summed E-state index contributed by atoms with van der Waals surface area (Å²) in [7, 11) is 3.32. The van der Waals surface area contributed by atoms with Gasteiger partial charge >= 0.3 is 0 Å². The van der Waals surface area contributed by atoms with Crippen molar-refractivity contribution in [3.05, 3.63) is 58.6 Å². The molecule has 0 aliphatic carbocycles. The van der Waals surface area contributed by atoms with Gasteiger partial charge in [-0.15, -0.1) is 0 Å². The molecule has 0 heterocycles. The lowest BCUT2D eigenvalue weighted by molar-refractivity contribution is 0.405. The van der Waals surface area contributed by atoms with Gasteiger partial charge in [-0.2, -0.15) is 0 Å². The number of ether oxygens (including phenoxy) is 2. The number of hydrogen-bond donors (Lipinski definition) is 1.